The van der Waals surface area contributed by atoms with Crippen LogP contribution in [0, 0.1) is 5.92 Å². The van der Waals surface area contributed by atoms with Gasteiger partial charge in [0.25, 0.3) is 0 Å². The summed E-state index contributed by atoms with van der Waals surface area (Å²) < 4.78 is 1.04. The highest BCUT2D eigenvalue weighted by Crippen LogP contribution is 2.23. The lowest BCUT2D eigenvalue weighted by atomic mass is 9.92. The summed E-state index contributed by atoms with van der Waals surface area (Å²) >= 11 is 3.40. The van der Waals surface area contributed by atoms with E-state index in [2.05, 4.69) is 22.9 Å². The fourth-order valence-corrected chi connectivity index (χ4v) is 2.95. The van der Waals surface area contributed by atoms with E-state index in [1.165, 1.54) is 0 Å². The molecule has 0 bridgehead atoms. The highest BCUT2D eigenvalue weighted by Gasteiger charge is 2.28. The second-order valence-electron chi connectivity index (χ2n) is 5.41. The van der Waals surface area contributed by atoms with E-state index in [9.17, 15) is 4.79 Å². The fourth-order valence-electron chi connectivity index (χ4n) is 2.68. The molecule has 1 aromatic carbocycles. The van der Waals surface area contributed by atoms with Crippen molar-refractivity contribution in [1.29, 1.82) is 0 Å². The molecule has 3 nitrogen and oxygen atoms in total. The Bertz CT molecular complexity index is 438. The minimum atomic E-state index is 0. The van der Waals surface area contributed by atoms with Crippen LogP contribution in [0.4, 0.5) is 0 Å². The van der Waals surface area contributed by atoms with Gasteiger partial charge in [-0.3, -0.25) is 4.79 Å². The molecule has 2 N–H and O–H groups in total. The number of carbonyl (C=O) groups is 1. The Morgan fingerprint density at radius 1 is 1.40 bits per heavy atom. The van der Waals surface area contributed by atoms with Crippen LogP contribution in [0.1, 0.15) is 25.3 Å². The van der Waals surface area contributed by atoms with E-state index in [0.717, 1.165) is 29.4 Å². The van der Waals surface area contributed by atoms with Gasteiger partial charge >= 0.3 is 0 Å². The van der Waals surface area contributed by atoms with Crippen molar-refractivity contribution in [3.05, 3.63) is 34.3 Å². The average molecular weight is 362 g/mol. The predicted octanol–water partition coefficient (Wildman–Crippen LogP) is 3.00. The Morgan fingerprint density at radius 2 is 2.05 bits per heavy atom. The van der Waals surface area contributed by atoms with E-state index >= 15 is 0 Å². The van der Waals surface area contributed by atoms with Crippen molar-refractivity contribution >= 4 is 34.2 Å². The molecule has 1 aliphatic heterocycles. The second kappa shape index (κ2) is 8.01. The van der Waals surface area contributed by atoms with E-state index < -0.39 is 0 Å². The number of benzene rings is 1. The second-order valence-corrected chi connectivity index (χ2v) is 6.33. The standard InChI is InChI=1S/C15H21BrN2O.ClH/c1-11-6-7-18(14(8-11)10-17)15(19)9-12-2-4-13(16)5-3-12;/h2-5,11,14H,6-10,17H2,1H3;1H. The number of nitrogens with two attached hydrogens (primary N) is 1. The molecule has 0 radical (unpaired) electrons. The maximum atomic E-state index is 12.4. The highest BCUT2D eigenvalue weighted by molar-refractivity contribution is 9.10. The third-order valence-corrected chi connectivity index (χ3v) is 4.37. The molecule has 2 atom stereocenters. The Hall–Kier alpha value is -0.580. The number of halogens is 2. The van der Waals surface area contributed by atoms with Crippen molar-refractivity contribution in [3.8, 4) is 0 Å². The summed E-state index contributed by atoms with van der Waals surface area (Å²) in [6.45, 7) is 3.65. The molecule has 2 rings (SSSR count). The van der Waals surface area contributed by atoms with Gasteiger partial charge < -0.3 is 10.6 Å². The zero-order chi connectivity index (χ0) is 13.8. The van der Waals surface area contributed by atoms with E-state index in [4.69, 9.17) is 5.73 Å². The predicted molar refractivity (Wildman–Crippen MR) is 88.0 cm³/mol. The molecule has 1 amide bonds. The van der Waals surface area contributed by atoms with Crippen molar-refractivity contribution in [1.82, 2.24) is 4.90 Å². The summed E-state index contributed by atoms with van der Waals surface area (Å²) in [5.41, 5.74) is 6.86. The molecule has 1 aliphatic rings. The van der Waals surface area contributed by atoms with Crippen LogP contribution in [-0.4, -0.2) is 29.9 Å². The molecule has 20 heavy (non-hydrogen) atoms. The SMILES string of the molecule is CC1CCN(C(=O)Cc2ccc(Br)cc2)C(CN)C1.Cl. The largest absolute Gasteiger partial charge is 0.338 e. The van der Waals surface area contributed by atoms with E-state index in [1.54, 1.807) is 0 Å². The number of amides is 1. The number of hydrogen-bond acceptors (Lipinski definition) is 2. The topological polar surface area (TPSA) is 46.3 Å². The Labute approximate surface area is 135 Å². The van der Waals surface area contributed by atoms with Gasteiger partial charge in [0.05, 0.1) is 6.42 Å². The number of hydrogen-bond donors (Lipinski definition) is 1. The first-order valence-corrected chi connectivity index (χ1v) is 7.63. The maximum Gasteiger partial charge on any atom is 0.227 e. The van der Waals surface area contributed by atoms with Crippen LogP contribution in [0.15, 0.2) is 28.7 Å². The van der Waals surface area contributed by atoms with E-state index in [-0.39, 0.29) is 24.4 Å². The lowest BCUT2D eigenvalue weighted by Crippen LogP contribution is -2.49. The van der Waals surface area contributed by atoms with Crippen LogP contribution >= 0.6 is 28.3 Å². The molecule has 0 saturated carbocycles. The van der Waals surface area contributed by atoms with Gasteiger partial charge in [-0.15, -0.1) is 12.4 Å². The van der Waals surface area contributed by atoms with E-state index in [1.807, 2.05) is 29.2 Å². The Kier molecular flexibility index (Phi) is 7.00. The normalized spacial score (nSPS) is 22.2. The first kappa shape index (κ1) is 17.5. The monoisotopic (exact) mass is 360 g/mol. The molecule has 1 fully saturated rings. The Balaban J connectivity index is 0.00000200. The van der Waals surface area contributed by atoms with Crippen LogP contribution in [0.5, 0.6) is 0 Å². The average Bonchev–Trinajstić information content (AvgIpc) is 2.41. The van der Waals surface area contributed by atoms with Crippen LogP contribution in [-0.2, 0) is 11.2 Å². The molecule has 5 heteroatoms. The van der Waals surface area contributed by atoms with Gasteiger partial charge in [-0.05, 0) is 36.5 Å². The zero-order valence-corrected chi connectivity index (χ0v) is 14.1. The van der Waals surface area contributed by atoms with Crippen molar-refractivity contribution in [3.63, 3.8) is 0 Å². The molecule has 0 spiro atoms. The number of rotatable bonds is 3. The molecule has 1 heterocycles. The molecule has 112 valence electrons. The smallest absolute Gasteiger partial charge is 0.227 e. The van der Waals surface area contributed by atoms with Crippen molar-refractivity contribution in [2.45, 2.75) is 32.2 Å². The molecular formula is C15H22BrClN2O. The molecule has 1 aromatic rings. The molecule has 2 unspecified atom stereocenters. The zero-order valence-electron chi connectivity index (χ0n) is 11.7. The van der Waals surface area contributed by atoms with Gasteiger partial charge in [0.2, 0.25) is 5.91 Å². The van der Waals surface area contributed by atoms with Crippen LogP contribution < -0.4 is 5.73 Å². The van der Waals surface area contributed by atoms with Gasteiger partial charge in [0, 0.05) is 23.6 Å². The fraction of sp³-hybridized carbons (Fsp3) is 0.533. The van der Waals surface area contributed by atoms with Crippen molar-refractivity contribution < 1.29 is 4.79 Å². The van der Waals surface area contributed by atoms with Gasteiger partial charge in [0.15, 0.2) is 0 Å². The van der Waals surface area contributed by atoms with Crippen molar-refractivity contribution in [2.24, 2.45) is 11.7 Å². The molecule has 1 saturated heterocycles. The van der Waals surface area contributed by atoms with Gasteiger partial charge in [-0.25, -0.2) is 0 Å². The lowest BCUT2D eigenvalue weighted by Gasteiger charge is -2.38. The molecular weight excluding hydrogens is 340 g/mol. The summed E-state index contributed by atoms with van der Waals surface area (Å²) in [7, 11) is 0. The number of piperidine rings is 1. The van der Waals surface area contributed by atoms with Gasteiger partial charge in [-0.1, -0.05) is 35.0 Å². The van der Waals surface area contributed by atoms with E-state index in [0.29, 0.717) is 18.9 Å². The van der Waals surface area contributed by atoms with Crippen LogP contribution in [0.3, 0.4) is 0 Å². The first-order valence-electron chi connectivity index (χ1n) is 6.84. The number of carbonyl (C=O) groups excluding carboxylic acids is 1. The summed E-state index contributed by atoms with van der Waals surface area (Å²) in [5, 5.41) is 0. The van der Waals surface area contributed by atoms with Crippen LogP contribution in [0.25, 0.3) is 0 Å². The minimum absolute atomic E-state index is 0. The molecule has 0 aliphatic carbocycles. The Morgan fingerprint density at radius 3 is 2.65 bits per heavy atom. The first-order chi connectivity index (χ1) is 9.10. The van der Waals surface area contributed by atoms with Gasteiger partial charge in [0.1, 0.15) is 0 Å². The number of nitrogens with zero attached hydrogens (tertiary/aromatic N) is 1. The molecule has 0 aromatic heterocycles. The third kappa shape index (κ3) is 4.47. The number of likely N-dealkylation sites (tertiary alicyclic amines) is 1. The summed E-state index contributed by atoms with van der Waals surface area (Å²) in [5.74, 6) is 0.870. The quantitative estimate of drug-likeness (QED) is 0.899. The maximum absolute atomic E-state index is 12.4. The summed E-state index contributed by atoms with van der Waals surface area (Å²) in [6, 6.07) is 8.15. The third-order valence-electron chi connectivity index (χ3n) is 3.84. The van der Waals surface area contributed by atoms with Crippen molar-refractivity contribution in [2.75, 3.05) is 13.1 Å². The van der Waals surface area contributed by atoms with Crippen LogP contribution in [0.2, 0.25) is 0 Å². The minimum Gasteiger partial charge on any atom is -0.338 e. The summed E-state index contributed by atoms with van der Waals surface area (Å²) in [6.07, 6.45) is 2.59. The lowest BCUT2D eigenvalue weighted by molar-refractivity contribution is -0.134. The highest BCUT2D eigenvalue weighted by atomic mass is 79.9. The summed E-state index contributed by atoms with van der Waals surface area (Å²) in [4.78, 5) is 14.4. The van der Waals surface area contributed by atoms with Gasteiger partial charge in [-0.2, -0.15) is 0 Å².